The molecule has 0 saturated carbocycles. The van der Waals surface area contributed by atoms with Crippen LogP contribution in [0.3, 0.4) is 0 Å². The SMILES string of the molecule is CCCCOc1ccc(NC(=O)[C@@H]2CC[C@H](C(=O)O)O2)c(C)c1. The van der Waals surface area contributed by atoms with Crippen molar-refractivity contribution in [2.75, 3.05) is 11.9 Å². The first-order valence-electron chi connectivity index (χ1n) is 7.94. The minimum absolute atomic E-state index is 0.309. The second kappa shape index (κ2) is 7.97. The van der Waals surface area contributed by atoms with Crippen molar-refractivity contribution >= 4 is 17.6 Å². The Balaban J connectivity index is 1.92. The zero-order valence-electron chi connectivity index (χ0n) is 13.5. The van der Waals surface area contributed by atoms with E-state index in [1.807, 2.05) is 19.1 Å². The number of carbonyl (C=O) groups excluding carboxylic acids is 1. The molecular formula is C17H23NO5. The quantitative estimate of drug-likeness (QED) is 0.754. The van der Waals surface area contributed by atoms with Gasteiger partial charge in [-0.2, -0.15) is 0 Å². The maximum atomic E-state index is 12.2. The zero-order valence-corrected chi connectivity index (χ0v) is 13.5. The number of aliphatic carboxylic acids is 1. The molecule has 6 heteroatoms. The highest BCUT2D eigenvalue weighted by Gasteiger charge is 2.34. The van der Waals surface area contributed by atoms with Crippen LogP contribution in [0, 0.1) is 6.92 Å². The Hall–Kier alpha value is -2.08. The van der Waals surface area contributed by atoms with Crippen LogP contribution >= 0.6 is 0 Å². The lowest BCUT2D eigenvalue weighted by Gasteiger charge is -2.14. The maximum absolute atomic E-state index is 12.2. The average Bonchev–Trinajstić information content (AvgIpc) is 3.00. The molecule has 126 valence electrons. The third kappa shape index (κ3) is 4.69. The zero-order chi connectivity index (χ0) is 16.8. The van der Waals surface area contributed by atoms with Crippen molar-refractivity contribution in [3.63, 3.8) is 0 Å². The van der Waals surface area contributed by atoms with Gasteiger partial charge in [-0.3, -0.25) is 4.79 Å². The fourth-order valence-corrected chi connectivity index (χ4v) is 2.43. The highest BCUT2D eigenvalue weighted by molar-refractivity contribution is 5.95. The van der Waals surface area contributed by atoms with E-state index in [4.69, 9.17) is 14.6 Å². The van der Waals surface area contributed by atoms with Gasteiger partial charge in [-0.15, -0.1) is 0 Å². The highest BCUT2D eigenvalue weighted by Crippen LogP contribution is 2.24. The van der Waals surface area contributed by atoms with Gasteiger partial charge in [0.1, 0.15) is 11.9 Å². The number of rotatable bonds is 7. The van der Waals surface area contributed by atoms with Gasteiger partial charge >= 0.3 is 5.97 Å². The molecule has 0 radical (unpaired) electrons. The van der Waals surface area contributed by atoms with Crippen LogP contribution in [0.25, 0.3) is 0 Å². The van der Waals surface area contributed by atoms with Gasteiger partial charge in [0, 0.05) is 5.69 Å². The number of aryl methyl sites for hydroxylation is 1. The number of anilines is 1. The molecule has 1 amide bonds. The van der Waals surface area contributed by atoms with Gasteiger partial charge in [-0.25, -0.2) is 4.79 Å². The monoisotopic (exact) mass is 321 g/mol. The van der Waals surface area contributed by atoms with Crippen molar-refractivity contribution in [1.82, 2.24) is 0 Å². The molecule has 1 fully saturated rings. The molecule has 1 aliphatic rings. The smallest absolute Gasteiger partial charge is 0.332 e. The Bertz CT molecular complexity index is 572. The Labute approximate surface area is 135 Å². The Kier molecular flexibility index (Phi) is 5.98. The van der Waals surface area contributed by atoms with Crippen molar-refractivity contribution in [3.05, 3.63) is 23.8 Å². The molecule has 23 heavy (non-hydrogen) atoms. The second-order valence-electron chi connectivity index (χ2n) is 5.70. The number of carboxylic acid groups (broad SMARTS) is 1. The summed E-state index contributed by atoms with van der Waals surface area (Å²) in [5, 5.41) is 11.7. The van der Waals surface area contributed by atoms with Gasteiger partial charge in [0.15, 0.2) is 6.10 Å². The molecule has 6 nitrogen and oxygen atoms in total. The summed E-state index contributed by atoms with van der Waals surface area (Å²) in [7, 11) is 0. The fraction of sp³-hybridized carbons (Fsp3) is 0.529. The number of carbonyl (C=O) groups is 2. The van der Waals surface area contributed by atoms with E-state index < -0.39 is 18.2 Å². The van der Waals surface area contributed by atoms with Gasteiger partial charge in [-0.05, 0) is 49.9 Å². The molecule has 1 aromatic rings. The largest absolute Gasteiger partial charge is 0.494 e. The number of nitrogens with one attached hydrogen (secondary N) is 1. The number of benzene rings is 1. The van der Waals surface area contributed by atoms with Crippen molar-refractivity contribution in [2.45, 2.75) is 51.7 Å². The lowest BCUT2D eigenvalue weighted by Crippen LogP contribution is -2.30. The normalized spacial score (nSPS) is 20.3. The van der Waals surface area contributed by atoms with E-state index in [2.05, 4.69) is 12.2 Å². The van der Waals surface area contributed by atoms with Crippen molar-refractivity contribution in [2.24, 2.45) is 0 Å². The first-order valence-corrected chi connectivity index (χ1v) is 7.94. The summed E-state index contributed by atoms with van der Waals surface area (Å²) >= 11 is 0. The minimum atomic E-state index is -1.02. The number of unbranched alkanes of at least 4 members (excludes halogenated alkanes) is 1. The minimum Gasteiger partial charge on any atom is -0.494 e. The number of hydrogen-bond acceptors (Lipinski definition) is 4. The summed E-state index contributed by atoms with van der Waals surface area (Å²) < 4.78 is 10.9. The lowest BCUT2D eigenvalue weighted by atomic mass is 10.1. The third-order valence-electron chi connectivity index (χ3n) is 3.81. The summed E-state index contributed by atoms with van der Waals surface area (Å²) in [5.41, 5.74) is 1.57. The molecule has 0 spiro atoms. The lowest BCUT2D eigenvalue weighted by molar-refractivity contribution is -0.150. The van der Waals surface area contributed by atoms with Crippen LogP contribution in [0.2, 0.25) is 0 Å². The molecule has 2 rings (SSSR count). The van der Waals surface area contributed by atoms with Crippen LogP contribution in [-0.2, 0) is 14.3 Å². The van der Waals surface area contributed by atoms with E-state index in [1.165, 1.54) is 0 Å². The predicted octanol–water partition coefficient (Wildman–Crippen LogP) is 2.74. The van der Waals surface area contributed by atoms with Gasteiger partial charge in [0.25, 0.3) is 5.91 Å². The second-order valence-corrected chi connectivity index (χ2v) is 5.70. The highest BCUT2D eigenvalue weighted by atomic mass is 16.5. The van der Waals surface area contributed by atoms with Crippen LogP contribution in [0.15, 0.2) is 18.2 Å². The summed E-state index contributed by atoms with van der Waals surface area (Å²) in [5.74, 6) is -0.557. The van der Waals surface area contributed by atoms with E-state index >= 15 is 0 Å². The number of hydrogen-bond donors (Lipinski definition) is 2. The van der Waals surface area contributed by atoms with E-state index in [-0.39, 0.29) is 5.91 Å². The molecule has 1 heterocycles. The number of amides is 1. The fourth-order valence-electron chi connectivity index (χ4n) is 2.43. The number of ether oxygens (including phenoxy) is 2. The van der Waals surface area contributed by atoms with Crippen LogP contribution in [0.5, 0.6) is 5.75 Å². The number of carboxylic acids is 1. The molecule has 0 bridgehead atoms. The van der Waals surface area contributed by atoms with Gasteiger partial charge < -0.3 is 19.9 Å². The van der Waals surface area contributed by atoms with Gasteiger partial charge in [0.05, 0.1) is 6.61 Å². The molecule has 1 aliphatic heterocycles. The summed E-state index contributed by atoms with van der Waals surface area (Å²) in [6.45, 7) is 4.67. The van der Waals surface area contributed by atoms with E-state index in [0.717, 1.165) is 24.2 Å². The molecule has 0 aliphatic carbocycles. The Morgan fingerprint density at radius 2 is 2.09 bits per heavy atom. The van der Waals surface area contributed by atoms with Crippen molar-refractivity contribution < 1.29 is 24.2 Å². The summed E-state index contributed by atoms with van der Waals surface area (Å²) in [6, 6.07) is 5.48. The van der Waals surface area contributed by atoms with E-state index in [9.17, 15) is 9.59 Å². The van der Waals surface area contributed by atoms with Crippen molar-refractivity contribution in [1.29, 1.82) is 0 Å². The van der Waals surface area contributed by atoms with Crippen LogP contribution in [0.4, 0.5) is 5.69 Å². The van der Waals surface area contributed by atoms with E-state index in [0.29, 0.717) is 25.1 Å². The van der Waals surface area contributed by atoms with Gasteiger partial charge in [-0.1, -0.05) is 13.3 Å². The van der Waals surface area contributed by atoms with Crippen LogP contribution in [-0.4, -0.2) is 35.8 Å². The summed E-state index contributed by atoms with van der Waals surface area (Å²) in [6.07, 6.45) is 1.25. The van der Waals surface area contributed by atoms with Gasteiger partial charge in [0.2, 0.25) is 0 Å². The first-order chi connectivity index (χ1) is 11.0. The Morgan fingerprint density at radius 1 is 1.35 bits per heavy atom. The molecular weight excluding hydrogens is 298 g/mol. The average molecular weight is 321 g/mol. The molecule has 0 unspecified atom stereocenters. The molecule has 2 N–H and O–H groups in total. The maximum Gasteiger partial charge on any atom is 0.332 e. The molecule has 2 atom stereocenters. The van der Waals surface area contributed by atoms with Crippen LogP contribution in [0.1, 0.15) is 38.2 Å². The van der Waals surface area contributed by atoms with Crippen LogP contribution < -0.4 is 10.1 Å². The topological polar surface area (TPSA) is 84.9 Å². The van der Waals surface area contributed by atoms with Crippen molar-refractivity contribution in [3.8, 4) is 5.75 Å². The first kappa shape index (κ1) is 17.3. The third-order valence-corrected chi connectivity index (χ3v) is 3.81. The van der Waals surface area contributed by atoms with E-state index in [1.54, 1.807) is 6.07 Å². The molecule has 0 aromatic heterocycles. The Morgan fingerprint density at radius 3 is 2.70 bits per heavy atom. The molecule has 1 aromatic carbocycles. The standard InChI is InChI=1S/C17H23NO5/c1-3-4-9-22-12-5-6-13(11(2)10-12)18-16(19)14-7-8-15(23-14)17(20)21/h5-6,10,14-15H,3-4,7-9H2,1-2H3,(H,18,19)(H,20,21)/t14-,15+/m0/s1. The molecule has 1 saturated heterocycles. The predicted molar refractivity (Wildman–Crippen MR) is 85.7 cm³/mol. The summed E-state index contributed by atoms with van der Waals surface area (Å²) in [4.78, 5) is 23.0.